The Morgan fingerprint density at radius 1 is 1.13 bits per heavy atom. The van der Waals surface area contributed by atoms with Crippen molar-refractivity contribution in [3.8, 4) is 5.75 Å². The van der Waals surface area contributed by atoms with Crippen LogP contribution in [0, 0.1) is 19.7 Å². The zero-order chi connectivity index (χ0) is 27.7. The molecule has 0 bridgehead atoms. The zero-order valence-electron chi connectivity index (χ0n) is 21.2. The van der Waals surface area contributed by atoms with Crippen molar-refractivity contribution in [2.45, 2.75) is 36.9 Å². The predicted octanol–water partition coefficient (Wildman–Crippen LogP) is 6.22. The summed E-state index contributed by atoms with van der Waals surface area (Å²) in [4.78, 5) is 33.4. The minimum absolute atomic E-state index is 0.0605. The lowest BCUT2D eigenvalue weighted by atomic mass is 9.94. The highest BCUT2D eigenvalue weighted by molar-refractivity contribution is 8.00. The fraction of sp³-hybridized carbons (Fsp3) is 0.222. The number of halogens is 1. The molecule has 3 heterocycles. The number of Topliss-reactive ketones (excluding diaryl/α,β-unsaturated/α-hetero) is 1. The summed E-state index contributed by atoms with van der Waals surface area (Å²) in [5.41, 5.74) is 1.91. The van der Waals surface area contributed by atoms with Gasteiger partial charge in [-0.05, 0) is 44.5 Å². The summed E-state index contributed by atoms with van der Waals surface area (Å²) in [7, 11) is 0. The van der Waals surface area contributed by atoms with E-state index in [0.717, 1.165) is 16.9 Å². The van der Waals surface area contributed by atoms with Gasteiger partial charge >= 0.3 is 0 Å². The number of benzene rings is 2. The molecule has 8 nitrogen and oxygen atoms in total. The monoisotopic (exact) mass is 582 g/mol. The second-order valence-corrected chi connectivity index (χ2v) is 11.9. The third kappa shape index (κ3) is 5.32. The molecule has 4 aromatic rings. The third-order valence-corrected chi connectivity index (χ3v) is 9.15. The highest BCUT2D eigenvalue weighted by Crippen LogP contribution is 2.46. The molecule has 0 fully saturated rings. The van der Waals surface area contributed by atoms with Crippen molar-refractivity contribution in [3.05, 3.63) is 92.4 Å². The highest BCUT2D eigenvalue weighted by atomic mass is 32.2. The number of thioether (sulfide) groups is 1. The lowest BCUT2D eigenvalue weighted by Crippen LogP contribution is -2.31. The number of rotatable bonds is 9. The summed E-state index contributed by atoms with van der Waals surface area (Å²) in [6.07, 6.45) is 0. The molecule has 0 spiro atoms. The van der Waals surface area contributed by atoms with E-state index in [1.54, 1.807) is 50.2 Å². The van der Waals surface area contributed by atoms with E-state index in [-0.39, 0.29) is 16.5 Å². The molecule has 2 aromatic carbocycles. The second-order valence-electron chi connectivity index (χ2n) is 8.55. The van der Waals surface area contributed by atoms with Crippen molar-refractivity contribution in [3.63, 3.8) is 0 Å². The Morgan fingerprint density at radius 3 is 2.56 bits per heavy atom. The van der Waals surface area contributed by atoms with E-state index in [9.17, 15) is 19.1 Å². The average Bonchev–Trinajstić information content (AvgIpc) is 3.59. The number of para-hydroxylation sites is 1. The van der Waals surface area contributed by atoms with Crippen LogP contribution in [0.1, 0.15) is 44.5 Å². The first-order valence-electron chi connectivity index (χ1n) is 12.0. The highest BCUT2D eigenvalue weighted by Gasteiger charge is 2.47. The number of aryl methyl sites for hydroxylation is 2. The van der Waals surface area contributed by atoms with Crippen LogP contribution in [0.4, 0.5) is 9.52 Å². The van der Waals surface area contributed by atoms with Crippen LogP contribution in [0.25, 0.3) is 0 Å². The lowest BCUT2D eigenvalue weighted by Gasteiger charge is -2.25. The van der Waals surface area contributed by atoms with Crippen molar-refractivity contribution >= 4 is 51.3 Å². The number of aliphatic hydroxyl groups is 1. The SMILES string of the molecule is CCOc1ccccc1C1C(C(=O)c2sc(C)nc2C)=C(O)C(=O)N1c1nnc(SCc2ccc(F)cc2)s1. The van der Waals surface area contributed by atoms with Gasteiger partial charge < -0.3 is 9.84 Å². The van der Waals surface area contributed by atoms with E-state index in [1.807, 2.05) is 6.92 Å². The van der Waals surface area contributed by atoms with Crippen LogP contribution in [0.2, 0.25) is 0 Å². The molecule has 0 radical (unpaired) electrons. The fourth-order valence-electron chi connectivity index (χ4n) is 4.27. The Bertz CT molecular complexity index is 1580. The van der Waals surface area contributed by atoms with Crippen molar-refractivity contribution in [2.75, 3.05) is 11.5 Å². The Hall–Kier alpha value is -3.61. The number of aliphatic hydroxyl groups excluding tert-OH is 1. The number of ketones is 1. The standard InChI is InChI=1S/C27H23FN4O4S3/c1-4-36-19-8-6-5-7-18(19)21-20(22(33)24-14(2)29-15(3)38-24)23(34)25(35)32(21)26-30-31-27(39-26)37-13-16-9-11-17(28)12-10-16/h5-12,21,34H,4,13H2,1-3H3. The van der Waals surface area contributed by atoms with Crippen molar-refractivity contribution in [1.82, 2.24) is 15.2 Å². The van der Waals surface area contributed by atoms with Crippen LogP contribution in [0.15, 0.2) is 64.2 Å². The molecule has 0 saturated heterocycles. The number of carbonyl (C=O) groups excluding carboxylic acids is 2. The summed E-state index contributed by atoms with van der Waals surface area (Å²) in [5.74, 6) is -1.17. The summed E-state index contributed by atoms with van der Waals surface area (Å²) in [6, 6.07) is 12.3. The quantitative estimate of drug-likeness (QED) is 0.141. The normalized spacial score (nSPS) is 15.3. The topological polar surface area (TPSA) is 106 Å². The summed E-state index contributed by atoms with van der Waals surface area (Å²) in [5, 5.41) is 20.5. The molecule has 1 aliphatic heterocycles. The fourth-order valence-corrected chi connectivity index (χ4v) is 6.97. The molecule has 12 heteroatoms. The van der Waals surface area contributed by atoms with E-state index in [0.29, 0.717) is 43.6 Å². The van der Waals surface area contributed by atoms with Crippen molar-refractivity contribution in [1.29, 1.82) is 0 Å². The maximum atomic E-state index is 13.8. The van der Waals surface area contributed by atoms with Crippen LogP contribution in [-0.4, -0.2) is 38.6 Å². The molecule has 1 atom stereocenters. The van der Waals surface area contributed by atoms with Crippen molar-refractivity contribution in [2.24, 2.45) is 0 Å². The number of nitrogens with zero attached hydrogens (tertiary/aromatic N) is 4. The zero-order valence-corrected chi connectivity index (χ0v) is 23.6. The summed E-state index contributed by atoms with van der Waals surface area (Å²) in [6.45, 7) is 5.73. The third-order valence-electron chi connectivity index (χ3n) is 5.95. The summed E-state index contributed by atoms with van der Waals surface area (Å²) >= 11 is 3.76. The maximum absolute atomic E-state index is 13.8. The number of thiazole rings is 1. The van der Waals surface area contributed by atoms with Gasteiger partial charge in [-0.25, -0.2) is 9.37 Å². The molecule has 200 valence electrons. The molecular formula is C27H23FN4O4S3. The molecule has 0 saturated carbocycles. The first-order chi connectivity index (χ1) is 18.8. The van der Waals surface area contributed by atoms with Gasteiger partial charge in [0, 0.05) is 11.3 Å². The minimum Gasteiger partial charge on any atom is -0.503 e. The summed E-state index contributed by atoms with van der Waals surface area (Å²) < 4.78 is 19.7. The molecule has 0 aliphatic carbocycles. The molecule has 5 rings (SSSR count). The van der Waals surface area contributed by atoms with Gasteiger partial charge in [0.05, 0.1) is 27.8 Å². The average molecular weight is 583 g/mol. The predicted molar refractivity (Wildman–Crippen MR) is 149 cm³/mol. The number of hydrogen-bond acceptors (Lipinski definition) is 10. The Labute approximate surface area is 236 Å². The molecule has 1 unspecified atom stereocenters. The van der Waals surface area contributed by atoms with Crippen LogP contribution in [0.3, 0.4) is 0 Å². The van der Waals surface area contributed by atoms with Crippen LogP contribution in [-0.2, 0) is 10.5 Å². The van der Waals surface area contributed by atoms with E-state index < -0.39 is 23.5 Å². The lowest BCUT2D eigenvalue weighted by molar-refractivity contribution is -0.117. The van der Waals surface area contributed by atoms with Crippen LogP contribution in [0.5, 0.6) is 5.75 Å². The Kier molecular flexibility index (Phi) is 7.78. The second kappa shape index (κ2) is 11.2. The molecule has 39 heavy (non-hydrogen) atoms. The number of ether oxygens (including phenoxy) is 1. The number of carbonyl (C=O) groups is 2. The molecule has 2 aromatic heterocycles. The number of hydrogen-bond donors (Lipinski definition) is 1. The molecule has 1 aliphatic rings. The Morgan fingerprint density at radius 2 is 1.87 bits per heavy atom. The Balaban J connectivity index is 1.54. The first-order valence-corrected chi connectivity index (χ1v) is 14.6. The van der Waals surface area contributed by atoms with Gasteiger partial charge in [0.1, 0.15) is 17.6 Å². The number of amides is 1. The van der Waals surface area contributed by atoms with E-state index in [2.05, 4.69) is 15.2 Å². The number of anilines is 1. The van der Waals surface area contributed by atoms with E-state index in [1.165, 1.54) is 40.1 Å². The van der Waals surface area contributed by atoms with Gasteiger partial charge in [0.2, 0.25) is 10.9 Å². The van der Waals surface area contributed by atoms with Crippen molar-refractivity contribution < 1.29 is 23.8 Å². The van der Waals surface area contributed by atoms with Crippen LogP contribution < -0.4 is 9.64 Å². The number of aromatic nitrogens is 3. The minimum atomic E-state index is -0.988. The first kappa shape index (κ1) is 27.0. The van der Waals surface area contributed by atoms with Gasteiger partial charge in [-0.3, -0.25) is 14.5 Å². The molecular weight excluding hydrogens is 560 g/mol. The van der Waals surface area contributed by atoms with Gasteiger partial charge in [0.25, 0.3) is 5.91 Å². The molecule has 1 N–H and O–H groups in total. The maximum Gasteiger partial charge on any atom is 0.296 e. The van der Waals surface area contributed by atoms with Crippen LogP contribution >= 0.6 is 34.4 Å². The van der Waals surface area contributed by atoms with E-state index >= 15 is 0 Å². The molecule has 1 amide bonds. The van der Waals surface area contributed by atoms with E-state index in [4.69, 9.17) is 4.74 Å². The van der Waals surface area contributed by atoms with Gasteiger partial charge in [-0.1, -0.05) is 53.4 Å². The van der Waals surface area contributed by atoms with Gasteiger partial charge in [0.15, 0.2) is 10.1 Å². The van der Waals surface area contributed by atoms with Gasteiger partial charge in [-0.15, -0.1) is 21.5 Å². The smallest absolute Gasteiger partial charge is 0.296 e. The van der Waals surface area contributed by atoms with Gasteiger partial charge in [-0.2, -0.15) is 0 Å². The largest absolute Gasteiger partial charge is 0.503 e.